The molecule has 1 fully saturated rings. The van der Waals surface area contributed by atoms with Crippen LogP contribution in [0.4, 0.5) is 11.4 Å². The first-order valence-electron chi connectivity index (χ1n) is 10.1. The van der Waals surface area contributed by atoms with E-state index in [4.69, 9.17) is 0 Å². The van der Waals surface area contributed by atoms with E-state index in [1.807, 2.05) is 36.9 Å². The minimum absolute atomic E-state index is 0.0177. The molecular weight excluding hydrogens is 384 g/mol. The fourth-order valence-electron chi connectivity index (χ4n) is 3.55. The van der Waals surface area contributed by atoms with Gasteiger partial charge in [0.25, 0.3) is 17.5 Å². The first-order valence-corrected chi connectivity index (χ1v) is 10.1. The van der Waals surface area contributed by atoms with Gasteiger partial charge in [0.15, 0.2) is 0 Å². The number of nitrogens with one attached hydrogen (secondary N) is 2. The highest BCUT2D eigenvalue weighted by atomic mass is 16.6. The van der Waals surface area contributed by atoms with Crippen molar-refractivity contribution in [3.63, 3.8) is 0 Å². The molecule has 158 valence electrons. The number of benzene rings is 2. The Morgan fingerprint density at radius 1 is 1.03 bits per heavy atom. The molecule has 30 heavy (non-hydrogen) atoms. The van der Waals surface area contributed by atoms with Crippen molar-refractivity contribution in [2.24, 2.45) is 0 Å². The van der Waals surface area contributed by atoms with Crippen LogP contribution in [0.3, 0.4) is 0 Å². The van der Waals surface area contributed by atoms with Crippen LogP contribution in [-0.2, 0) is 0 Å². The molecule has 0 bridgehead atoms. The summed E-state index contributed by atoms with van der Waals surface area (Å²) in [4.78, 5) is 37.6. The van der Waals surface area contributed by atoms with Gasteiger partial charge in [-0.25, -0.2) is 0 Å². The van der Waals surface area contributed by atoms with Crippen molar-refractivity contribution in [3.8, 4) is 0 Å². The minimum atomic E-state index is -0.454. The average Bonchev–Trinajstić information content (AvgIpc) is 2.74. The lowest BCUT2D eigenvalue weighted by atomic mass is 10.0. The maximum absolute atomic E-state index is 12.3. The summed E-state index contributed by atoms with van der Waals surface area (Å²) in [5, 5.41) is 17.4. The second-order valence-electron chi connectivity index (χ2n) is 7.69. The van der Waals surface area contributed by atoms with E-state index < -0.39 is 4.92 Å². The van der Waals surface area contributed by atoms with Crippen molar-refractivity contribution in [2.75, 3.05) is 18.0 Å². The molecule has 8 heteroatoms. The molecule has 0 aliphatic carbocycles. The predicted octanol–water partition coefficient (Wildman–Crippen LogP) is 3.13. The number of nitro benzene ring substituents is 1. The van der Waals surface area contributed by atoms with Crippen molar-refractivity contribution in [1.82, 2.24) is 10.6 Å². The van der Waals surface area contributed by atoms with Gasteiger partial charge in [-0.2, -0.15) is 0 Å². The Labute approximate surface area is 175 Å². The summed E-state index contributed by atoms with van der Waals surface area (Å²) in [6, 6.07) is 13.6. The number of amides is 2. The maximum atomic E-state index is 12.3. The fraction of sp³-hybridized carbons (Fsp3) is 0.364. The number of carbonyl (C=O) groups excluding carboxylic acids is 2. The molecule has 2 aromatic carbocycles. The van der Waals surface area contributed by atoms with E-state index in [0.717, 1.165) is 0 Å². The second-order valence-corrected chi connectivity index (χ2v) is 7.69. The summed E-state index contributed by atoms with van der Waals surface area (Å²) in [6.07, 6.45) is 1.37. The van der Waals surface area contributed by atoms with Crippen molar-refractivity contribution in [1.29, 1.82) is 0 Å². The normalized spacial score (nSPS) is 14.4. The third-order valence-electron chi connectivity index (χ3n) is 5.06. The molecule has 8 nitrogen and oxygen atoms in total. The molecule has 1 saturated heterocycles. The lowest BCUT2D eigenvalue weighted by Gasteiger charge is -2.33. The summed E-state index contributed by atoms with van der Waals surface area (Å²) in [5.41, 5.74) is 1.29. The zero-order valence-electron chi connectivity index (χ0n) is 17.1. The number of rotatable bonds is 6. The number of anilines is 1. The standard InChI is InChI=1S/C22H26N4O4/c1-15(2)23-22(28)17-8-9-19(20(14-17)26(29)30)25-12-10-18(11-13-25)24-21(27)16-6-4-3-5-7-16/h3-9,14-15,18H,10-13H2,1-2H3,(H,23,28)(H,24,27). The van der Waals surface area contributed by atoms with E-state index in [9.17, 15) is 19.7 Å². The summed E-state index contributed by atoms with van der Waals surface area (Å²) in [5.74, 6) is -0.442. The molecule has 1 heterocycles. The van der Waals surface area contributed by atoms with E-state index in [0.29, 0.717) is 37.2 Å². The molecule has 2 amide bonds. The van der Waals surface area contributed by atoms with Gasteiger partial charge < -0.3 is 15.5 Å². The summed E-state index contributed by atoms with van der Waals surface area (Å²) >= 11 is 0. The number of piperidine rings is 1. The third kappa shape index (κ3) is 5.14. The predicted molar refractivity (Wildman–Crippen MR) is 115 cm³/mol. The number of carbonyl (C=O) groups is 2. The van der Waals surface area contributed by atoms with Crippen LogP contribution in [0.5, 0.6) is 0 Å². The lowest BCUT2D eigenvalue weighted by molar-refractivity contribution is -0.384. The molecule has 1 aliphatic rings. The highest BCUT2D eigenvalue weighted by Crippen LogP contribution is 2.31. The zero-order chi connectivity index (χ0) is 21.7. The van der Waals surface area contributed by atoms with Crippen molar-refractivity contribution >= 4 is 23.2 Å². The van der Waals surface area contributed by atoms with E-state index >= 15 is 0 Å². The van der Waals surface area contributed by atoms with E-state index in [-0.39, 0.29) is 35.1 Å². The average molecular weight is 410 g/mol. The molecule has 2 N–H and O–H groups in total. The molecule has 0 spiro atoms. The maximum Gasteiger partial charge on any atom is 0.293 e. The monoisotopic (exact) mass is 410 g/mol. The Morgan fingerprint density at radius 2 is 1.70 bits per heavy atom. The van der Waals surface area contributed by atoms with Gasteiger partial charge in [-0.3, -0.25) is 19.7 Å². The van der Waals surface area contributed by atoms with Crippen LogP contribution in [0.2, 0.25) is 0 Å². The highest BCUT2D eigenvalue weighted by molar-refractivity contribution is 5.96. The van der Waals surface area contributed by atoms with Gasteiger partial charge in [0, 0.05) is 42.4 Å². The van der Waals surface area contributed by atoms with Gasteiger partial charge in [0.05, 0.1) is 4.92 Å². The number of nitrogens with zero attached hydrogens (tertiary/aromatic N) is 2. The Balaban J connectivity index is 1.66. The third-order valence-corrected chi connectivity index (χ3v) is 5.06. The Morgan fingerprint density at radius 3 is 2.30 bits per heavy atom. The molecule has 2 aromatic rings. The second kappa shape index (κ2) is 9.39. The topological polar surface area (TPSA) is 105 Å². The first kappa shape index (κ1) is 21.3. The van der Waals surface area contributed by atoms with Gasteiger partial charge >= 0.3 is 0 Å². The first-order chi connectivity index (χ1) is 14.3. The van der Waals surface area contributed by atoms with Gasteiger partial charge in [-0.05, 0) is 51.0 Å². The lowest BCUT2D eigenvalue weighted by Crippen LogP contribution is -2.44. The summed E-state index contributed by atoms with van der Waals surface area (Å²) in [7, 11) is 0. The Hall–Kier alpha value is -3.42. The smallest absolute Gasteiger partial charge is 0.293 e. The Kier molecular flexibility index (Phi) is 6.66. The molecule has 0 aromatic heterocycles. The van der Waals surface area contributed by atoms with Crippen LogP contribution in [0, 0.1) is 10.1 Å². The number of nitro groups is 1. The minimum Gasteiger partial charge on any atom is -0.366 e. The van der Waals surface area contributed by atoms with Crippen molar-refractivity contribution in [2.45, 2.75) is 38.8 Å². The molecule has 1 aliphatic heterocycles. The largest absolute Gasteiger partial charge is 0.366 e. The fourth-order valence-corrected chi connectivity index (χ4v) is 3.55. The number of hydrogen-bond donors (Lipinski definition) is 2. The van der Waals surface area contributed by atoms with Gasteiger partial charge in [-0.15, -0.1) is 0 Å². The van der Waals surface area contributed by atoms with E-state index in [1.54, 1.807) is 24.3 Å². The van der Waals surface area contributed by atoms with Crippen LogP contribution in [0.1, 0.15) is 47.4 Å². The van der Waals surface area contributed by atoms with E-state index in [1.165, 1.54) is 6.07 Å². The van der Waals surface area contributed by atoms with Gasteiger partial charge in [0.2, 0.25) is 0 Å². The Bertz CT molecular complexity index is 922. The molecular formula is C22H26N4O4. The van der Waals surface area contributed by atoms with Crippen LogP contribution in [0.15, 0.2) is 48.5 Å². The summed E-state index contributed by atoms with van der Waals surface area (Å²) in [6.45, 7) is 4.83. The molecule has 3 rings (SSSR count). The molecule has 0 unspecified atom stereocenters. The van der Waals surface area contributed by atoms with Crippen molar-refractivity contribution < 1.29 is 14.5 Å². The molecule has 0 atom stereocenters. The highest BCUT2D eigenvalue weighted by Gasteiger charge is 2.27. The quantitative estimate of drug-likeness (QED) is 0.562. The molecule has 0 radical (unpaired) electrons. The van der Waals surface area contributed by atoms with Crippen LogP contribution in [0.25, 0.3) is 0 Å². The number of hydrogen-bond acceptors (Lipinski definition) is 5. The van der Waals surface area contributed by atoms with Gasteiger partial charge in [-0.1, -0.05) is 18.2 Å². The summed E-state index contributed by atoms with van der Waals surface area (Å²) < 4.78 is 0. The van der Waals surface area contributed by atoms with E-state index in [2.05, 4.69) is 10.6 Å². The van der Waals surface area contributed by atoms with Crippen LogP contribution >= 0.6 is 0 Å². The zero-order valence-corrected chi connectivity index (χ0v) is 17.1. The SMILES string of the molecule is CC(C)NC(=O)c1ccc(N2CCC(NC(=O)c3ccccc3)CC2)c([N+](=O)[O-])c1. The molecule has 0 saturated carbocycles. The van der Waals surface area contributed by atoms with Crippen molar-refractivity contribution in [3.05, 3.63) is 69.8 Å². The van der Waals surface area contributed by atoms with Gasteiger partial charge in [0.1, 0.15) is 5.69 Å². The van der Waals surface area contributed by atoms with Crippen LogP contribution in [-0.4, -0.2) is 41.9 Å². The van der Waals surface area contributed by atoms with Crippen LogP contribution < -0.4 is 15.5 Å².